The monoisotopic (exact) mass is 333 g/mol. The van der Waals surface area contributed by atoms with E-state index in [0.29, 0.717) is 0 Å². The van der Waals surface area contributed by atoms with Crippen LogP contribution < -0.4 is 10.2 Å². The second-order valence-electron chi connectivity index (χ2n) is 6.81. The van der Waals surface area contributed by atoms with Crippen LogP contribution in [-0.4, -0.2) is 43.3 Å². The maximum atomic E-state index is 5.45. The predicted molar refractivity (Wildman–Crippen MR) is 93.4 cm³/mol. The lowest BCUT2D eigenvalue weighted by atomic mass is 9.89. The van der Waals surface area contributed by atoms with Gasteiger partial charge in [0.2, 0.25) is 0 Å². The van der Waals surface area contributed by atoms with Gasteiger partial charge in [0.25, 0.3) is 0 Å². The summed E-state index contributed by atoms with van der Waals surface area (Å²) in [5, 5.41) is 4.59. The summed E-state index contributed by atoms with van der Waals surface area (Å²) in [5.74, 6) is 2.77. The van der Waals surface area contributed by atoms with Crippen LogP contribution in [0.15, 0.2) is 0 Å². The Morgan fingerprint density at radius 1 is 1.30 bits per heavy atom. The fraction of sp³-hybridized carbons (Fsp3) is 0.647. The summed E-state index contributed by atoms with van der Waals surface area (Å²) in [6.07, 6.45) is 3.65. The Hall–Kier alpha value is -1.24. The Bertz CT molecular complexity index is 708. The van der Waals surface area contributed by atoms with Crippen LogP contribution in [0.3, 0.4) is 0 Å². The Morgan fingerprint density at radius 2 is 2.13 bits per heavy atom. The molecular formula is C17H25N4OS+. The highest BCUT2D eigenvalue weighted by atomic mass is 32.1. The van der Waals surface area contributed by atoms with Gasteiger partial charge >= 0.3 is 0 Å². The molecule has 124 valence electrons. The average molecular weight is 333 g/mol. The van der Waals surface area contributed by atoms with Crippen molar-refractivity contribution in [2.75, 3.05) is 38.7 Å². The number of aryl methyl sites for hydroxylation is 1. The average Bonchev–Trinajstić information content (AvgIpc) is 2.92. The summed E-state index contributed by atoms with van der Waals surface area (Å²) in [6.45, 7) is 7.05. The van der Waals surface area contributed by atoms with Crippen LogP contribution in [0.25, 0.3) is 10.2 Å². The molecule has 6 heteroatoms. The molecule has 2 aromatic rings. The highest BCUT2D eigenvalue weighted by molar-refractivity contribution is 7.19. The SMILES string of the molecule is CNc1nc(C[NH+]2CCOCC2)nc2sc3c(c12)CC[C@H](C)C3. The zero-order valence-electron chi connectivity index (χ0n) is 13.9. The molecule has 2 aromatic heterocycles. The first kappa shape index (κ1) is 15.3. The van der Waals surface area contributed by atoms with E-state index in [1.807, 2.05) is 18.4 Å². The lowest BCUT2D eigenvalue weighted by molar-refractivity contribution is -0.922. The molecule has 1 aliphatic carbocycles. The van der Waals surface area contributed by atoms with E-state index in [1.165, 1.54) is 44.8 Å². The molecule has 2 aliphatic rings. The molecule has 0 aromatic carbocycles. The summed E-state index contributed by atoms with van der Waals surface area (Å²) in [5.41, 5.74) is 1.50. The van der Waals surface area contributed by atoms with Crippen LogP contribution in [-0.2, 0) is 24.1 Å². The number of fused-ring (bicyclic) bond motifs is 3. The number of hydrogen-bond acceptors (Lipinski definition) is 5. The van der Waals surface area contributed by atoms with Crippen molar-refractivity contribution in [1.29, 1.82) is 0 Å². The smallest absolute Gasteiger partial charge is 0.187 e. The van der Waals surface area contributed by atoms with Gasteiger partial charge in [-0.25, -0.2) is 9.97 Å². The molecule has 2 N–H and O–H groups in total. The van der Waals surface area contributed by atoms with E-state index in [9.17, 15) is 0 Å². The van der Waals surface area contributed by atoms with Crippen LogP contribution in [0.4, 0.5) is 5.82 Å². The van der Waals surface area contributed by atoms with E-state index in [0.717, 1.165) is 50.4 Å². The molecule has 0 spiro atoms. The van der Waals surface area contributed by atoms with Gasteiger partial charge in [-0.2, -0.15) is 0 Å². The molecule has 4 rings (SSSR count). The molecule has 0 radical (unpaired) electrons. The van der Waals surface area contributed by atoms with Crippen molar-refractivity contribution in [2.24, 2.45) is 5.92 Å². The zero-order chi connectivity index (χ0) is 15.8. The highest BCUT2D eigenvalue weighted by Crippen LogP contribution is 2.39. The molecule has 5 nitrogen and oxygen atoms in total. The largest absolute Gasteiger partial charge is 0.372 e. The summed E-state index contributed by atoms with van der Waals surface area (Å²) in [6, 6.07) is 0. The van der Waals surface area contributed by atoms with Crippen molar-refractivity contribution in [1.82, 2.24) is 9.97 Å². The third-order valence-electron chi connectivity index (χ3n) is 5.05. The molecule has 0 saturated carbocycles. The minimum atomic E-state index is 0.791. The Balaban J connectivity index is 1.70. The summed E-state index contributed by atoms with van der Waals surface area (Å²) < 4.78 is 5.45. The number of anilines is 1. The molecule has 1 atom stereocenters. The number of ether oxygens (including phenoxy) is 1. The number of hydrogen-bond donors (Lipinski definition) is 2. The number of morpholine rings is 1. The first-order chi connectivity index (χ1) is 11.2. The van der Waals surface area contributed by atoms with Gasteiger partial charge in [0, 0.05) is 11.9 Å². The summed E-state index contributed by atoms with van der Waals surface area (Å²) in [4.78, 5) is 14.0. The minimum Gasteiger partial charge on any atom is -0.372 e. The maximum absolute atomic E-state index is 5.45. The maximum Gasteiger partial charge on any atom is 0.187 e. The molecular weight excluding hydrogens is 308 g/mol. The van der Waals surface area contributed by atoms with Crippen molar-refractivity contribution >= 4 is 27.4 Å². The quantitative estimate of drug-likeness (QED) is 0.888. The zero-order valence-corrected chi connectivity index (χ0v) is 14.8. The van der Waals surface area contributed by atoms with Gasteiger partial charge in [0.15, 0.2) is 5.82 Å². The van der Waals surface area contributed by atoms with Gasteiger partial charge in [-0.05, 0) is 30.7 Å². The van der Waals surface area contributed by atoms with E-state index in [1.54, 1.807) is 0 Å². The van der Waals surface area contributed by atoms with Gasteiger partial charge in [-0.1, -0.05) is 6.92 Å². The molecule has 1 fully saturated rings. The normalized spacial score (nSPS) is 22.3. The van der Waals surface area contributed by atoms with E-state index < -0.39 is 0 Å². The number of nitrogens with one attached hydrogen (secondary N) is 2. The van der Waals surface area contributed by atoms with Crippen LogP contribution in [0, 0.1) is 5.92 Å². The fourth-order valence-corrected chi connectivity index (χ4v) is 5.11. The first-order valence-electron chi connectivity index (χ1n) is 8.65. The standard InChI is InChI=1S/C17H24N4OS/c1-11-3-4-12-13(9-11)23-17-15(12)16(18-2)19-14(20-17)10-21-5-7-22-8-6-21/h11H,3-10H2,1-2H3,(H,18,19,20)/p+1/t11-/m0/s1. The molecule has 3 heterocycles. The van der Waals surface area contributed by atoms with E-state index >= 15 is 0 Å². The van der Waals surface area contributed by atoms with E-state index in [4.69, 9.17) is 14.7 Å². The van der Waals surface area contributed by atoms with Gasteiger partial charge in [0.1, 0.15) is 30.3 Å². The second-order valence-corrected chi connectivity index (χ2v) is 7.89. The fourth-order valence-electron chi connectivity index (χ4n) is 3.71. The van der Waals surface area contributed by atoms with Gasteiger partial charge < -0.3 is 15.0 Å². The van der Waals surface area contributed by atoms with Crippen molar-refractivity contribution in [3.8, 4) is 0 Å². The van der Waals surface area contributed by atoms with Crippen LogP contribution >= 0.6 is 11.3 Å². The molecule has 0 bridgehead atoms. The molecule has 23 heavy (non-hydrogen) atoms. The number of thiophene rings is 1. The molecule has 1 aliphatic heterocycles. The van der Waals surface area contributed by atoms with Crippen molar-refractivity contribution in [3.63, 3.8) is 0 Å². The molecule has 0 amide bonds. The lowest BCUT2D eigenvalue weighted by Gasteiger charge is -2.23. The van der Waals surface area contributed by atoms with Crippen LogP contribution in [0.2, 0.25) is 0 Å². The lowest BCUT2D eigenvalue weighted by Crippen LogP contribution is -3.12. The van der Waals surface area contributed by atoms with Crippen LogP contribution in [0.5, 0.6) is 0 Å². The van der Waals surface area contributed by atoms with Crippen molar-refractivity contribution in [2.45, 2.75) is 32.7 Å². The third-order valence-corrected chi connectivity index (χ3v) is 6.19. The Kier molecular flexibility index (Phi) is 4.22. The van der Waals surface area contributed by atoms with Gasteiger partial charge in [-0.3, -0.25) is 0 Å². The van der Waals surface area contributed by atoms with Crippen molar-refractivity contribution in [3.05, 3.63) is 16.3 Å². The number of nitrogens with zero attached hydrogens (tertiary/aromatic N) is 2. The molecule has 0 unspecified atom stereocenters. The highest BCUT2D eigenvalue weighted by Gasteiger charge is 2.24. The van der Waals surface area contributed by atoms with Gasteiger partial charge in [0.05, 0.1) is 18.6 Å². The predicted octanol–water partition coefficient (Wildman–Crippen LogP) is 1.27. The number of rotatable bonds is 3. The molecule has 1 saturated heterocycles. The Morgan fingerprint density at radius 3 is 2.91 bits per heavy atom. The van der Waals surface area contributed by atoms with E-state index in [-0.39, 0.29) is 0 Å². The second kappa shape index (κ2) is 6.34. The summed E-state index contributed by atoms with van der Waals surface area (Å²) >= 11 is 1.88. The topological polar surface area (TPSA) is 51.5 Å². The van der Waals surface area contributed by atoms with Crippen LogP contribution in [0.1, 0.15) is 29.6 Å². The summed E-state index contributed by atoms with van der Waals surface area (Å²) in [7, 11) is 1.97. The third kappa shape index (κ3) is 2.95. The Labute approximate surface area is 141 Å². The minimum absolute atomic E-state index is 0.791. The first-order valence-corrected chi connectivity index (χ1v) is 9.46. The van der Waals surface area contributed by atoms with E-state index in [2.05, 4.69) is 12.2 Å². The van der Waals surface area contributed by atoms with Crippen molar-refractivity contribution < 1.29 is 9.64 Å². The number of aromatic nitrogens is 2. The van der Waals surface area contributed by atoms with Gasteiger partial charge in [-0.15, -0.1) is 11.3 Å². The number of quaternary nitrogens is 1.